The lowest BCUT2D eigenvalue weighted by Crippen LogP contribution is -2.41. The Labute approximate surface area is 208 Å². The van der Waals surface area contributed by atoms with Crippen LogP contribution in [0.2, 0.25) is 0 Å². The molecule has 1 atom stereocenters. The third-order valence-corrected chi connectivity index (χ3v) is 7.37. The van der Waals surface area contributed by atoms with Gasteiger partial charge < -0.3 is 0 Å². The Balaban J connectivity index is 1.74. The van der Waals surface area contributed by atoms with E-state index >= 15 is 0 Å². The maximum absolute atomic E-state index is 13.6. The molecule has 2 heterocycles. The highest BCUT2D eigenvalue weighted by Gasteiger charge is 2.33. The summed E-state index contributed by atoms with van der Waals surface area (Å²) in [5.74, 6) is -1.38. The molecule has 0 saturated carbocycles. The fraction of sp³-hybridized carbons (Fsp3) is 0.174. The Bertz CT molecular complexity index is 1480. The Hall–Kier alpha value is -3.68. The van der Waals surface area contributed by atoms with Gasteiger partial charge >= 0.3 is 0 Å². The molecular weight excluding hydrogens is 507 g/mol. The molecule has 0 amide bonds. The summed E-state index contributed by atoms with van der Waals surface area (Å²) in [6.07, 6.45) is 2.61. The summed E-state index contributed by atoms with van der Waals surface area (Å²) in [6.45, 7) is -0.0991. The van der Waals surface area contributed by atoms with Gasteiger partial charge in [-0.25, -0.2) is 41.1 Å². The van der Waals surface area contributed by atoms with Gasteiger partial charge in [0.05, 0.1) is 24.6 Å². The molecule has 10 nitrogen and oxygen atoms in total. The smallest absolute Gasteiger partial charge is 0.263 e. The van der Waals surface area contributed by atoms with E-state index in [1.807, 2.05) is 30.3 Å². The summed E-state index contributed by atoms with van der Waals surface area (Å²) in [5.41, 5.74) is 2.12. The lowest BCUT2D eigenvalue weighted by Gasteiger charge is -2.19. The zero-order chi connectivity index (χ0) is 25.8. The van der Waals surface area contributed by atoms with Crippen molar-refractivity contribution < 1.29 is 21.2 Å². The zero-order valence-corrected chi connectivity index (χ0v) is 20.5. The van der Waals surface area contributed by atoms with Gasteiger partial charge in [-0.05, 0) is 35.4 Å². The summed E-state index contributed by atoms with van der Waals surface area (Å²) < 4.78 is 64.8. The van der Waals surface area contributed by atoms with Crippen molar-refractivity contribution in [3.05, 3.63) is 96.1 Å². The van der Waals surface area contributed by atoms with Gasteiger partial charge in [0.25, 0.3) is 10.0 Å². The normalized spacial score (nSPS) is 16.6. The van der Waals surface area contributed by atoms with Crippen LogP contribution in [0.3, 0.4) is 0 Å². The van der Waals surface area contributed by atoms with Crippen LogP contribution in [0, 0.1) is 5.82 Å². The van der Waals surface area contributed by atoms with Crippen molar-refractivity contribution in [1.82, 2.24) is 14.7 Å². The summed E-state index contributed by atoms with van der Waals surface area (Å²) in [7, 11) is -7.95. The second-order valence-electron chi connectivity index (χ2n) is 7.90. The molecule has 0 saturated heterocycles. The number of primary sulfonamides is 1. The van der Waals surface area contributed by atoms with Crippen LogP contribution in [0.1, 0.15) is 17.0 Å². The summed E-state index contributed by atoms with van der Waals surface area (Å²) in [5, 5.41) is 11.1. The average Bonchev–Trinajstić information content (AvgIpc) is 3.30. The highest BCUT2D eigenvalue weighted by atomic mass is 32.2. The molecule has 3 aromatic rings. The SMILES string of the molecule is NS(=O)(=O)CCN=C(NS(=O)(=O)c1cccnc1)N1C[C@@H](c2ccccc2)C(c2ccc(F)cc2)=N1. The standard InChI is InChI=1S/C23H23FN6O4S2/c24-19-10-8-18(9-11-19)22-21(17-5-2-1-3-6-17)16-30(28-22)23(27-13-14-35(25,31)32)29-36(33,34)20-7-4-12-26-15-20/h1-12,15,21H,13-14,16H2,(H,27,29)(H2,25,31,32)/t21-/m0/s1. The first-order valence-corrected chi connectivity index (χ1v) is 14.0. The van der Waals surface area contributed by atoms with Crippen LogP contribution in [0.15, 0.2) is 94.1 Å². The third-order valence-electron chi connectivity index (χ3n) is 5.31. The number of nitrogens with two attached hydrogens (primary N) is 1. The topological polar surface area (TPSA) is 147 Å². The van der Waals surface area contributed by atoms with E-state index in [-0.39, 0.29) is 29.9 Å². The van der Waals surface area contributed by atoms with E-state index in [2.05, 4.69) is 19.8 Å². The number of nitrogens with one attached hydrogen (secondary N) is 1. The minimum Gasteiger partial charge on any atom is -0.263 e. The van der Waals surface area contributed by atoms with Crippen molar-refractivity contribution in [2.24, 2.45) is 15.2 Å². The van der Waals surface area contributed by atoms with E-state index in [0.29, 0.717) is 11.3 Å². The first kappa shape index (κ1) is 25.4. The van der Waals surface area contributed by atoms with E-state index in [1.54, 1.807) is 12.1 Å². The number of sulfonamides is 2. The molecule has 4 rings (SSSR count). The van der Waals surface area contributed by atoms with Crippen LogP contribution in [0.5, 0.6) is 0 Å². The zero-order valence-electron chi connectivity index (χ0n) is 18.9. The first-order valence-electron chi connectivity index (χ1n) is 10.8. The summed E-state index contributed by atoms with van der Waals surface area (Å²) >= 11 is 0. The van der Waals surface area contributed by atoms with Crippen molar-refractivity contribution in [1.29, 1.82) is 0 Å². The quantitative estimate of drug-likeness (QED) is 0.351. The van der Waals surface area contributed by atoms with Crippen LogP contribution in [0.4, 0.5) is 4.39 Å². The number of rotatable bonds is 7. The van der Waals surface area contributed by atoms with Gasteiger partial charge in [0, 0.05) is 18.3 Å². The number of hydrogen-bond donors (Lipinski definition) is 2. The molecule has 0 radical (unpaired) electrons. The predicted octanol–water partition coefficient (Wildman–Crippen LogP) is 1.65. The largest absolute Gasteiger partial charge is 0.265 e. The lowest BCUT2D eigenvalue weighted by molar-refractivity contribution is 0.461. The van der Waals surface area contributed by atoms with Crippen LogP contribution in [-0.4, -0.2) is 57.3 Å². The van der Waals surface area contributed by atoms with Crippen molar-refractivity contribution in [2.45, 2.75) is 10.8 Å². The van der Waals surface area contributed by atoms with E-state index in [9.17, 15) is 21.2 Å². The van der Waals surface area contributed by atoms with Gasteiger partial charge in [-0.2, -0.15) is 5.10 Å². The molecule has 0 spiro atoms. The van der Waals surface area contributed by atoms with Crippen molar-refractivity contribution in [3.63, 3.8) is 0 Å². The predicted molar refractivity (Wildman–Crippen MR) is 134 cm³/mol. The Morgan fingerprint density at radius 2 is 1.78 bits per heavy atom. The van der Waals surface area contributed by atoms with Gasteiger partial charge in [0.2, 0.25) is 16.0 Å². The number of pyridine rings is 1. The number of hydrogen-bond acceptors (Lipinski definition) is 7. The third kappa shape index (κ3) is 6.30. The fourth-order valence-corrected chi connectivity index (χ4v) is 4.92. The van der Waals surface area contributed by atoms with E-state index in [0.717, 1.165) is 5.56 Å². The minimum absolute atomic E-state index is 0.106. The van der Waals surface area contributed by atoms with Gasteiger partial charge in [-0.15, -0.1) is 0 Å². The fourth-order valence-electron chi connectivity index (χ4n) is 3.59. The Kier molecular flexibility index (Phi) is 7.43. The van der Waals surface area contributed by atoms with Gasteiger partial charge in [-0.3, -0.25) is 4.98 Å². The van der Waals surface area contributed by atoms with Crippen LogP contribution in [-0.2, 0) is 20.0 Å². The Morgan fingerprint density at radius 1 is 1.06 bits per heavy atom. The first-order chi connectivity index (χ1) is 17.1. The summed E-state index contributed by atoms with van der Waals surface area (Å²) in [6, 6.07) is 18.1. The molecule has 0 aliphatic carbocycles. The monoisotopic (exact) mass is 530 g/mol. The number of halogens is 1. The van der Waals surface area contributed by atoms with Crippen molar-refractivity contribution in [3.8, 4) is 0 Å². The van der Waals surface area contributed by atoms with Crippen LogP contribution >= 0.6 is 0 Å². The maximum Gasteiger partial charge on any atom is 0.265 e. The number of aromatic nitrogens is 1. The van der Waals surface area contributed by atoms with E-state index < -0.39 is 31.6 Å². The lowest BCUT2D eigenvalue weighted by atomic mass is 9.91. The molecule has 2 aromatic carbocycles. The molecule has 0 fully saturated rings. The molecule has 0 unspecified atom stereocenters. The van der Waals surface area contributed by atoms with Gasteiger partial charge in [-0.1, -0.05) is 42.5 Å². The van der Waals surface area contributed by atoms with Gasteiger partial charge in [0.1, 0.15) is 10.7 Å². The molecule has 1 aliphatic rings. The number of aliphatic imine (C=N–C) groups is 1. The van der Waals surface area contributed by atoms with Gasteiger partial charge in [0.15, 0.2) is 0 Å². The number of benzene rings is 2. The second kappa shape index (κ2) is 10.5. The molecule has 1 aromatic heterocycles. The highest BCUT2D eigenvalue weighted by Crippen LogP contribution is 2.29. The number of nitrogens with zero attached hydrogens (tertiary/aromatic N) is 4. The molecule has 188 valence electrons. The van der Waals surface area contributed by atoms with Crippen LogP contribution < -0.4 is 9.86 Å². The number of guanidine groups is 1. The maximum atomic E-state index is 13.6. The van der Waals surface area contributed by atoms with E-state index in [1.165, 1.54) is 41.7 Å². The molecule has 0 bridgehead atoms. The Morgan fingerprint density at radius 3 is 2.42 bits per heavy atom. The highest BCUT2D eigenvalue weighted by molar-refractivity contribution is 7.90. The van der Waals surface area contributed by atoms with Crippen LogP contribution in [0.25, 0.3) is 0 Å². The van der Waals surface area contributed by atoms with Crippen molar-refractivity contribution in [2.75, 3.05) is 18.8 Å². The average molecular weight is 531 g/mol. The minimum atomic E-state index is -4.12. The molecule has 13 heteroatoms. The second-order valence-corrected chi connectivity index (χ2v) is 11.3. The van der Waals surface area contributed by atoms with E-state index in [4.69, 9.17) is 5.14 Å². The molecule has 3 N–H and O–H groups in total. The molecule has 1 aliphatic heterocycles. The summed E-state index contributed by atoms with van der Waals surface area (Å²) in [4.78, 5) is 7.91. The van der Waals surface area contributed by atoms with Crippen molar-refractivity contribution >= 4 is 31.7 Å². The molecular formula is C23H23FN6O4S2. The number of hydrazone groups is 1. The molecule has 36 heavy (non-hydrogen) atoms.